The summed E-state index contributed by atoms with van der Waals surface area (Å²) < 4.78 is 5.27. The number of thiophene rings is 1. The molecule has 1 aromatic carbocycles. The summed E-state index contributed by atoms with van der Waals surface area (Å²) in [6, 6.07) is 10.0. The van der Waals surface area contributed by atoms with Crippen molar-refractivity contribution in [1.82, 2.24) is 5.32 Å². The van der Waals surface area contributed by atoms with Gasteiger partial charge < -0.3 is 15.2 Å². The van der Waals surface area contributed by atoms with Gasteiger partial charge in [0.15, 0.2) is 6.10 Å². The van der Waals surface area contributed by atoms with Crippen molar-refractivity contribution in [3.63, 3.8) is 0 Å². The van der Waals surface area contributed by atoms with Gasteiger partial charge in [0.1, 0.15) is 5.78 Å². The second-order valence-electron chi connectivity index (χ2n) is 6.38. The molecule has 1 heterocycles. The van der Waals surface area contributed by atoms with E-state index < -0.39 is 12.1 Å². The zero-order valence-corrected chi connectivity index (χ0v) is 16.7. The van der Waals surface area contributed by atoms with Crippen molar-refractivity contribution in [2.24, 2.45) is 0 Å². The highest BCUT2D eigenvalue weighted by Crippen LogP contribution is 2.26. The van der Waals surface area contributed by atoms with E-state index in [1.807, 2.05) is 31.2 Å². The predicted molar refractivity (Wildman–Crippen MR) is 108 cm³/mol. The molecule has 1 unspecified atom stereocenters. The average Bonchev–Trinajstić information content (AvgIpc) is 3.11. The van der Waals surface area contributed by atoms with Crippen LogP contribution in [0.15, 0.2) is 35.7 Å². The number of carbonyl (C=O) groups is 2. The number of aliphatic carboxylic acids is 1. The van der Waals surface area contributed by atoms with Crippen molar-refractivity contribution in [2.75, 3.05) is 13.2 Å². The van der Waals surface area contributed by atoms with E-state index in [2.05, 4.69) is 16.8 Å². The standard InChI is InChI=1S/C21H27NO4S/c1-3-5-18(23)12-22-13-19-11-17(14-27-19)16-8-6-15(7-9-16)10-20(21(24)25)26-4-2/h6-9,11,14,20,22H,3-5,10,12-13H2,1-2H3,(H,24,25). The van der Waals surface area contributed by atoms with Crippen LogP contribution in [0.2, 0.25) is 0 Å². The topological polar surface area (TPSA) is 75.6 Å². The maximum atomic E-state index is 11.5. The van der Waals surface area contributed by atoms with Crippen molar-refractivity contribution in [3.05, 3.63) is 46.2 Å². The zero-order valence-electron chi connectivity index (χ0n) is 15.9. The summed E-state index contributed by atoms with van der Waals surface area (Å²) in [5.74, 6) is -0.690. The number of carboxylic acid groups (broad SMARTS) is 1. The third-order valence-corrected chi connectivity index (χ3v) is 5.09. The second-order valence-corrected chi connectivity index (χ2v) is 7.37. The Bertz CT molecular complexity index is 739. The molecule has 0 fully saturated rings. The lowest BCUT2D eigenvalue weighted by molar-refractivity contribution is -0.149. The fourth-order valence-electron chi connectivity index (χ4n) is 2.78. The Morgan fingerprint density at radius 2 is 1.93 bits per heavy atom. The molecular weight excluding hydrogens is 362 g/mol. The van der Waals surface area contributed by atoms with Crippen LogP contribution in [0.1, 0.15) is 37.1 Å². The van der Waals surface area contributed by atoms with Gasteiger partial charge in [0.25, 0.3) is 0 Å². The van der Waals surface area contributed by atoms with E-state index in [1.54, 1.807) is 18.3 Å². The van der Waals surface area contributed by atoms with E-state index >= 15 is 0 Å². The van der Waals surface area contributed by atoms with Crippen molar-refractivity contribution in [3.8, 4) is 11.1 Å². The lowest BCUT2D eigenvalue weighted by Crippen LogP contribution is -2.26. The maximum Gasteiger partial charge on any atom is 0.333 e. The summed E-state index contributed by atoms with van der Waals surface area (Å²) in [5, 5.41) is 14.5. The van der Waals surface area contributed by atoms with Crippen LogP contribution in [0, 0.1) is 0 Å². The molecule has 0 saturated heterocycles. The molecular formula is C21H27NO4S. The highest BCUT2D eigenvalue weighted by Gasteiger charge is 2.17. The Balaban J connectivity index is 1.92. The smallest absolute Gasteiger partial charge is 0.333 e. The fraction of sp³-hybridized carbons (Fsp3) is 0.429. The van der Waals surface area contributed by atoms with Crippen LogP contribution in [0.25, 0.3) is 11.1 Å². The van der Waals surface area contributed by atoms with Crippen LogP contribution in [0.4, 0.5) is 0 Å². The molecule has 2 N–H and O–H groups in total. The first-order valence-electron chi connectivity index (χ1n) is 9.27. The number of carboxylic acids is 1. The molecule has 0 aliphatic rings. The van der Waals surface area contributed by atoms with Crippen LogP contribution in [0.5, 0.6) is 0 Å². The molecule has 0 aliphatic heterocycles. The first-order valence-corrected chi connectivity index (χ1v) is 10.1. The Labute approximate surface area is 164 Å². The molecule has 0 saturated carbocycles. The summed E-state index contributed by atoms with van der Waals surface area (Å²) in [6.45, 7) is 5.28. The van der Waals surface area contributed by atoms with E-state index in [0.717, 1.165) is 23.1 Å². The highest BCUT2D eigenvalue weighted by molar-refractivity contribution is 7.10. The molecule has 2 aromatic rings. The van der Waals surface area contributed by atoms with E-state index in [4.69, 9.17) is 4.74 Å². The summed E-state index contributed by atoms with van der Waals surface area (Å²) in [7, 11) is 0. The van der Waals surface area contributed by atoms with Crippen molar-refractivity contribution in [1.29, 1.82) is 0 Å². The van der Waals surface area contributed by atoms with Gasteiger partial charge >= 0.3 is 5.97 Å². The quantitative estimate of drug-likeness (QED) is 0.576. The number of ketones is 1. The van der Waals surface area contributed by atoms with Crippen LogP contribution >= 0.6 is 11.3 Å². The number of rotatable bonds is 12. The average molecular weight is 390 g/mol. The van der Waals surface area contributed by atoms with Gasteiger partial charge in [-0.1, -0.05) is 31.2 Å². The molecule has 1 atom stereocenters. The van der Waals surface area contributed by atoms with E-state index in [9.17, 15) is 14.7 Å². The molecule has 146 valence electrons. The number of hydrogen-bond acceptors (Lipinski definition) is 5. The molecule has 5 nitrogen and oxygen atoms in total. The number of ether oxygens (including phenoxy) is 1. The molecule has 0 spiro atoms. The third-order valence-electron chi connectivity index (χ3n) is 4.16. The van der Waals surface area contributed by atoms with E-state index in [-0.39, 0.29) is 5.78 Å². The Morgan fingerprint density at radius 1 is 1.19 bits per heavy atom. The largest absolute Gasteiger partial charge is 0.479 e. The number of nitrogens with one attached hydrogen (secondary N) is 1. The Morgan fingerprint density at radius 3 is 2.56 bits per heavy atom. The minimum atomic E-state index is -0.937. The van der Waals surface area contributed by atoms with Crippen LogP contribution in [-0.4, -0.2) is 36.1 Å². The summed E-state index contributed by atoms with van der Waals surface area (Å²) in [5.41, 5.74) is 3.15. The molecule has 1 aromatic heterocycles. The molecule has 6 heteroatoms. The number of hydrogen-bond donors (Lipinski definition) is 2. The zero-order chi connectivity index (χ0) is 19.6. The monoisotopic (exact) mass is 389 g/mol. The minimum absolute atomic E-state index is 0.247. The van der Waals surface area contributed by atoms with E-state index in [1.165, 1.54) is 4.88 Å². The highest BCUT2D eigenvalue weighted by atomic mass is 32.1. The Hall–Kier alpha value is -2.02. The summed E-state index contributed by atoms with van der Waals surface area (Å²) >= 11 is 1.66. The molecule has 0 amide bonds. The van der Waals surface area contributed by atoms with E-state index in [0.29, 0.717) is 32.5 Å². The normalized spacial score (nSPS) is 12.1. The van der Waals surface area contributed by atoms with Gasteiger partial charge in [-0.3, -0.25) is 4.79 Å². The fourth-order valence-corrected chi connectivity index (χ4v) is 3.65. The van der Waals surface area contributed by atoms with Gasteiger partial charge in [0.05, 0.1) is 6.54 Å². The predicted octanol–water partition coefficient (Wildman–Crippen LogP) is 3.91. The lowest BCUT2D eigenvalue weighted by Gasteiger charge is -2.12. The number of benzene rings is 1. The maximum absolute atomic E-state index is 11.5. The van der Waals surface area contributed by atoms with Crippen LogP contribution < -0.4 is 5.32 Å². The van der Waals surface area contributed by atoms with Gasteiger partial charge in [-0.2, -0.15) is 0 Å². The molecule has 0 aliphatic carbocycles. The number of carbonyl (C=O) groups excluding carboxylic acids is 1. The first-order chi connectivity index (χ1) is 13.0. The first kappa shape index (κ1) is 21.3. The molecule has 0 radical (unpaired) electrons. The second kappa shape index (κ2) is 11.0. The lowest BCUT2D eigenvalue weighted by atomic mass is 10.0. The molecule has 27 heavy (non-hydrogen) atoms. The van der Waals surface area contributed by atoms with Crippen LogP contribution in [-0.2, 0) is 27.3 Å². The summed E-state index contributed by atoms with van der Waals surface area (Å²) in [4.78, 5) is 23.9. The van der Waals surface area contributed by atoms with Crippen molar-refractivity contribution >= 4 is 23.1 Å². The van der Waals surface area contributed by atoms with Crippen LogP contribution in [0.3, 0.4) is 0 Å². The third kappa shape index (κ3) is 6.90. The van der Waals surface area contributed by atoms with Crippen molar-refractivity contribution in [2.45, 2.75) is 45.8 Å². The van der Waals surface area contributed by atoms with Gasteiger partial charge in [0, 0.05) is 30.9 Å². The SMILES string of the molecule is CCCC(=O)CNCc1cc(-c2ccc(CC(OCC)C(=O)O)cc2)cs1. The molecule has 2 rings (SSSR count). The van der Waals surface area contributed by atoms with Gasteiger partial charge in [-0.15, -0.1) is 11.3 Å². The minimum Gasteiger partial charge on any atom is -0.479 e. The van der Waals surface area contributed by atoms with Gasteiger partial charge in [-0.25, -0.2) is 4.79 Å². The van der Waals surface area contributed by atoms with Crippen molar-refractivity contribution < 1.29 is 19.4 Å². The van der Waals surface area contributed by atoms with Gasteiger partial charge in [-0.05, 0) is 41.5 Å². The molecule has 0 bridgehead atoms. The Kier molecular flexibility index (Phi) is 8.64. The summed E-state index contributed by atoms with van der Waals surface area (Å²) in [6.07, 6.45) is 1.06. The van der Waals surface area contributed by atoms with Gasteiger partial charge in [0.2, 0.25) is 0 Å². The number of Topliss-reactive ketones (excluding diaryl/α,β-unsaturated/α-hetero) is 1.